The molecule has 0 aliphatic rings. The number of nitrogens with zero attached hydrogens (tertiary/aromatic N) is 1. The second-order valence-corrected chi connectivity index (χ2v) is 4.65. The van der Waals surface area contributed by atoms with Gasteiger partial charge in [0.05, 0.1) is 5.69 Å². The molecule has 0 bridgehead atoms. The summed E-state index contributed by atoms with van der Waals surface area (Å²) in [5, 5.41) is 0. The van der Waals surface area contributed by atoms with Crippen molar-refractivity contribution in [1.82, 2.24) is 9.97 Å². The van der Waals surface area contributed by atoms with Crippen LogP contribution in [0.15, 0.2) is 24.3 Å². The minimum absolute atomic E-state index is 0.146. The van der Waals surface area contributed by atoms with E-state index < -0.39 is 0 Å². The summed E-state index contributed by atoms with van der Waals surface area (Å²) in [5.41, 5.74) is 7.84. The molecule has 3 nitrogen and oxygen atoms in total. The van der Waals surface area contributed by atoms with E-state index in [9.17, 15) is 4.39 Å². The molecule has 0 amide bonds. The predicted molar refractivity (Wildman–Crippen MR) is 70.7 cm³/mol. The Morgan fingerprint density at radius 1 is 1.39 bits per heavy atom. The van der Waals surface area contributed by atoms with Crippen LogP contribution in [0.3, 0.4) is 0 Å². The number of nitrogens with two attached hydrogens (primary N) is 1. The van der Waals surface area contributed by atoms with Crippen LogP contribution in [0.5, 0.6) is 0 Å². The van der Waals surface area contributed by atoms with E-state index >= 15 is 0 Å². The average molecular weight is 247 g/mol. The Balaban J connectivity index is 2.27. The molecule has 0 aliphatic carbocycles. The number of nitrogens with one attached hydrogen (secondary N) is 1. The van der Waals surface area contributed by atoms with E-state index in [0.717, 1.165) is 24.4 Å². The quantitative estimate of drug-likeness (QED) is 0.872. The van der Waals surface area contributed by atoms with E-state index in [1.54, 1.807) is 12.1 Å². The summed E-state index contributed by atoms with van der Waals surface area (Å²) < 4.78 is 13.7. The summed E-state index contributed by atoms with van der Waals surface area (Å²) in [6, 6.07) is 6.83. The Kier molecular flexibility index (Phi) is 3.77. The molecule has 1 unspecified atom stereocenters. The van der Waals surface area contributed by atoms with Gasteiger partial charge in [0.1, 0.15) is 11.6 Å². The highest BCUT2D eigenvalue weighted by Gasteiger charge is 2.12. The van der Waals surface area contributed by atoms with Gasteiger partial charge >= 0.3 is 0 Å². The van der Waals surface area contributed by atoms with Crippen LogP contribution in [0.25, 0.3) is 11.3 Å². The van der Waals surface area contributed by atoms with Crippen molar-refractivity contribution < 1.29 is 4.39 Å². The summed E-state index contributed by atoms with van der Waals surface area (Å²) >= 11 is 0. The van der Waals surface area contributed by atoms with Crippen LogP contribution < -0.4 is 5.73 Å². The maximum atomic E-state index is 13.7. The third-order valence-electron chi connectivity index (χ3n) is 2.90. The zero-order valence-corrected chi connectivity index (χ0v) is 10.7. The molecule has 0 fully saturated rings. The van der Waals surface area contributed by atoms with Crippen molar-refractivity contribution >= 4 is 0 Å². The van der Waals surface area contributed by atoms with Crippen molar-refractivity contribution in [3.63, 3.8) is 0 Å². The normalized spacial score (nSPS) is 12.7. The Hall–Kier alpha value is -1.68. The number of hydrogen-bond donors (Lipinski definition) is 2. The first-order chi connectivity index (χ1) is 8.58. The largest absolute Gasteiger partial charge is 0.346 e. The Morgan fingerprint density at radius 2 is 2.11 bits per heavy atom. The van der Waals surface area contributed by atoms with Gasteiger partial charge in [-0.15, -0.1) is 0 Å². The fourth-order valence-electron chi connectivity index (χ4n) is 1.92. The number of aromatic amines is 1. The monoisotopic (exact) mass is 247 g/mol. The molecule has 0 radical (unpaired) electrons. The zero-order chi connectivity index (χ0) is 13.1. The molecular weight excluding hydrogens is 229 g/mol. The van der Waals surface area contributed by atoms with Gasteiger partial charge in [-0.25, -0.2) is 9.37 Å². The molecule has 0 saturated carbocycles. The number of halogens is 1. The van der Waals surface area contributed by atoms with Crippen LogP contribution in [0.2, 0.25) is 0 Å². The maximum absolute atomic E-state index is 13.7. The van der Waals surface area contributed by atoms with E-state index in [1.807, 2.05) is 19.9 Å². The number of rotatable bonds is 4. The number of hydrogen-bond acceptors (Lipinski definition) is 2. The van der Waals surface area contributed by atoms with Crippen LogP contribution in [0, 0.1) is 12.7 Å². The Bertz CT molecular complexity index is 532. The Morgan fingerprint density at radius 3 is 2.78 bits per heavy atom. The van der Waals surface area contributed by atoms with Gasteiger partial charge < -0.3 is 10.7 Å². The molecular formula is C14H18FN3. The number of aromatic nitrogens is 2. The molecule has 2 rings (SSSR count). The summed E-state index contributed by atoms with van der Waals surface area (Å²) in [5.74, 6) is 0.619. The molecule has 1 atom stereocenters. The minimum atomic E-state index is -0.245. The zero-order valence-electron chi connectivity index (χ0n) is 10.7. The molecule has 18 heavy (non-hydrogen) atoms. The lowest BCUT2D eigenvalue weighted by Gasteiger charge is -2.01. The summed E-state index contributed by atoms with van der Waals surface area (Å²) in [6.07, 6.45) is 1.65. The van der Waals surface area contributed by atoms with Crippen molar-refractivity contribution in [2.24, 2.45) is 5.73 Å². The first-order valence-electron chi connectivity index (χ1n) is 6.14. The summed E-state index contributed by atoms with van der Waals surface area (Å²) in [7, 11) is 0. The van der Waals surface area contributed by atoms with Gasteiger partial charge in [-0.1, -0.05) is 12.1 Å². The van der Waals surface area contributed by atoms with Gasteiger partial charge in [-0.3, -0.25) is 0 Å². The van der Waals surface area contributed by atoms with Crippen LogP contribution in [-0.4, -0.2) is 16.0 Å². The topological polar surface area (TPSA) is 54.7 Å². The second-order valence-electron chi connectivity index (χ2n) is 4.65. The maximum Gasteiger partial charge on any atom is 0.132 e. The first kappa shape index (κ1) is 12.8. The third kappa shape index (κ3) is 2.76. The van der Waals surface area contributed by atoms with Crippen molar-refractivity contribution in [1.29, 1.82) is 0 Å². The summed E-state index contributed by atoms with van der Waals surface area (Å²) in [4.78, 5) is 7.65. The number of imidazole rings is 1. The second kappa shape index (κ2) is 5.31. The number of aryl methyl sites for hydroxylation is 2. The standard InChI is InChI=1S/C14H18FN3/c1-9(16)7-8-13-17-10(2)14(18-13)11-5-3-4-6-12(11)15/h3-6,9H,7-8,16H2,1-2H3,(H,17,18). The number of benzene rings is 1. The molecule has 3 N–H and O–H groups in total. The van der Waals surface area contributed by atoms with Crippen molar-refractivity contribution in [3.05, 3.63) is 41.6 Å². The molecule has 1 aromatic heterocycles. The van der Waals surface area contributed by atoms with Gasteiger partial charge in [-0.05, 0) is 32.4 Å². The number of H-pyrrole nitrogens is 1. The van der Waals surface area contributed by atoms with E-state index in [-0.39, 0.29) is 11.9 Å². The Labute approximate surface area is 106 Å². The van der Waals surface area contributed by atoms with Gasteiger partial charge in [0, 0.05) is 23.7 Å². The molecule has 2 aromatic rings. The lowest BCUT2D eigenvalue weighted by Crippen LogP contribution is -2.15. The van der Waals surface area contributed by atoms with E-state index in [4.69, 9.17) is 5.73 Å². The van der Waals surface area contributed by atoms with Crippen LogP contribution >= 0.6 is 0 Å². The predicted octanol–water partition coefficient (Wildman–Crippen LogP) is 2.80. The minimum Gasteiger partial charge on any atom is -0.346 e. The third-order valence-corrected chi connectivity index (χ3v) is 2.90. The summed E-state index contributed by atoms with van der Waals surface area (Å²) in [6.45, 7) is 3.87. The van der Waals surface area contributed by atoms with E-state index in [2.05, 4.69) is 9.97 Å². The molecule has 1 heterocycles. The van der Waals surface area contributed by atoms with Gasteiger partial charge in [-0.2, -0.15) is 0 Å². The lowest BCUT2D eigenvalue weighted by atomic mass is 10.1. The molecule has 96 valence electrons. The lowest BCUT2D eigenvalue weighted by molar-refractivity contribution is 0.630. The van der Waals surface area contributed by atoms with Crippen molar-refractivity contribution in [2.45, 2.75) is 32.7 Å². The van der Waals surface area contributed by atoms with Crippen LogP contribution in [0.1, 0.15) is 24.9 Å². The SMILES string of the molecule is Cc1[nH]c(CCC(C)N)nc1-c1ccccc1F. The van der Waals surface area contributed by atoms with Gasteiger partial charge in [0.2, 0.25) is 0 Å². The van der Waals surface area contributed by atoms with E-state index in [1.165, 1.54) is 6.07 Å². The van der Waals surface area contributed by atoms with Crippen molar-refractivity contribution in [2.75, 3.05) is 0 Å². The van der Waals surface area contributed by atoms with E-state index in [0.29, 0.717) is 11.3 Å². The molecule has 0 saturated heterocycles. The van der Waals surface area contributed by atoms with Gasteiger partial charge in [0.25, 0.3) is 0 Å². The highest BCUT2D eigenvalue weighted by molar-refractivity contribution is 5.62. The molecule has 0 spiro atoms. The fraction of sp³-hybridized carbons (Fsp3) is 0.357. The highest BCUT2D eigenvalue weighted by Crippen LogP contribution is 2.24. The molecule has 4 heteroatoms. The first-order valence-corrected chi connectivity index (χ1v) is 6.14. The highest BCUT2D eigenvalue weighted by atomic mass is 19.1. The van der Waals surface area contributed by atoms with Gasteiger partial charge in [0.15, 0.2) is 0 Å². The van der Waals surface area contributed by atoms with Crippen LogP contribution in [-0.2, 0) is 6.42 Å². The average Bonchev–Trinajstić information content (AvgIpc) is 2.69. The van der Waals surface area contributed by atoms with Crippen LogP contribution in [0.4, 0.5) is 4.39 Å². The fourth-order valence-corrected chi connectivity index (χ4v) is 1.92. The smallest absolute Gasteiger partial charge is 0.132 e. The molecule has 0 aliphatic heterocycles. The molecule has 1 aromatic carbocycles. The van der Waals surface area contributed by atoms with Crippen molar-refractivity contribution in [3.8, 4) is 11.3 Å².